The van der Waals surface area contributed by atoms with E-state index < -0.39 is 0 Å². The fourth-order valence-electron chi connectivity index (χ4n) is 3.28. The molecule has 1 heterocycles. The SMILES string of the molecule is Cc1cc(C)cc(C(=O)Nc2ccc(N3CCCCC3)c(F)c2)c1. The second-order valence-electron chi connectivity index (χ2n) is 6.54. The van der Waals surface area contributed by atoms with Gasteiger partial charge in [0.25, 0.3) is 5.91 Å². The van der Waals surface area contributed by atoms with Gasteiger partial charge in [0.1, 0.15) is 5.82 Å². The van der Waals surface area contributed by atoms with Crippen molar-refractivity contribution in [1.29, 1.82) is 0 Å². The molecule has 1 aliphatic heterocycles. The Morgan fingerprint density at radius 3 is 2.29 bits per heavy atom. The predicted molar refractivity (Wildman–Crippen MR) is 96.3 cm³/mol. The Labute approximate surface area is 142 Å². The Hall–Kier alpha value is -2.36. The topological polar surface area (TPSA) is 32.3 Å². The van der Waals surface area contributed by atoms with Crippen LogP contribution in [0.5, 0.6) is 0 Å². The number of nitrogens with zero attached hydrogens (tertiary/aromatic N) is 1. The number of hydrogen-bond acceptors (Lipinski definition) is 2. The maximum absolute atomic E-state index is 14.4. The van der Waals surface area contributed by atoms with Crippen LogP contribution in [0.2, 0.25) is 0 Å². The zero-order valence-electron chi connectivity index (χ0n) is 14.2. The Kier molecular flexibility index (Phi) is 4.84. The van der Waals surface area contributed by atoms with Gasteiger partial charge in [0, 0.05) is 24.3 Å². The summed E-state index contributed by atoms with van der Waals surface area (Å²) >= 11 is 0. The molecule has 1 amide bonds. The van der Waals surface area contributed by atoms with Crippen LogP contribution in [-0.4, -0.2) is 19.0 Å². The van der Waals surface area contributed by atoms with Gasteiger partial charge in [0.05, 0.1) is 5.69 Å². The Morgan fingerprint density at radius 2 is 1.67 bits per heavy atom. The smallest absolute Gasteiger partial charge is 0.255 e. The molecule has 0 aromatic heterocycles. The van der Waals surface area contributed by atoms with Crippen molar-refractivity contribution < 1.29 is 9.18 Å². The summed E-state index contributed by atoms with van der Waals surface area (Å²) in [4.78, 5) is 14.5. The Bertz CT molecular complexity index is 731. The fourth-order valence-corrected chi connectivity index (χ4v) is 3.28. The summed E-state index contributed by atoms with van der Waals surface area (Å²) in [6, 6.07) is 10.6. The number of nitrogens with one attached hydrogen (secondary N) is 1. The van der Waals surface area contributed by atoms with Gasteiger partial charge in [0.2, 0.25) is 0 Å². The summed E-state index contributed by atoms with van der Waals surface area (Å²) in [5, 5.41) is 2.79. The van der Waals surface area contributed by atoms with Gasteiger partial charge in [-0.05, 0) is 63.4 Å². The van der Waals surface area contributed by atoms with Crippen molar-refractivity contribution in [2.24, 2.45) is 0 Å². The standard InChI is InChI=1S/C20H23FN2O/c1-14-10-15(2)12-16(11-14)20(24)22-17-6-7-19(18(21)13-17)23-8-4-3-5-9-23/h6-7,10-13H,3-5,8-9H2,1-2H3,(H,22,24). The molecule has 1 fully saturated rings. The minimum absolute atomic E-state index is 0.216. The van der Waals surface area contributed by atoms with E-state index in [9.17, 15) is 9.18 Å². The van der Waals surface area contributed by atoms with Crippen LogP contribution in [0, 0.1) is 19.7 Å². The third kappa shape index (κ3) is 3.75. The fraction of sp³-hybridized carbons (Fsp3) is 0.350. The monoisotopic (exact) mass is 326 g/mol. The summed E-state index contributed by atoms with van der Waals surface area (Å²) in [5.41, 5.74) is 3.77. The maximum Gasteiger partial charge on any atom is 0.255 e. The first-order chi connectivity index (χ1) is 11.5. The lowest BCUT2D eigenvalue weighted by Crippen LogP contribution is -2.30. The molecule has 0 unspecified atom stereocenters. The third-order valence-corrected chi connectivity index (χ3v) is 4.39. The normalized spacial score (nSPS) is 14.5. The Morgan fingerprint density at radius 1 is 1.00 bits per heavy atom. The quantitative estimate of drug-likeness (QED) is 0.888. The van der Waals surface area contributed by atoms with Crippen LogP contribution in [0.25, 0.3) is 0 Å². The number of rotatable bonds is 3. The molecular weight excluding hydrogens is 303 g/mol. The first-order valence-electron chi connectivity index (χ1n) is 8.47. The van der Waals surface area contributed by atoms with Gasteiger partial charge in [-0.25, -0.2) is 4.39 Å². The third-order valence-electron chi connectivity index (χ3n) is 4.39. The van der Waals surface area contributed by atoms with E-state index in [1.165, 1.54) is 12.5 Å². The molecule has 2 aromatic carbocycles. The molecule has 2 aromatic rings. The number of hydrogen-bond donors (Lipinski definition) is 1. The van der Waals surface area contributed by atoms with E-state index >= 15 is 0 Å². The molecule has 0 atom stereocenters. The van der Waals surface area contributed by atoms with Crippen LogP contribution < -0.4 is 10.2 Å². The first kappa shape index (κ1) is 16.5. The summed E-state index contributed by atoms with van der Waals surface area (Å²) in [6.07, 6.45) is 3.41. The van der Waals surface area contributed by atoms with Crippen molar-refractivity contribution >= 4 is 17.3 Å². The number of benzene rings is 2. The molecule has 0 saturated carbocycles. The molecule has 1 saturated heterocycles. The molecule has 3 nitrogen and oxygen atoms in total. The van der Waals surface area contributed by atoms with Crippen molar-refractivity contribution in [3.8, 4) is 0 Å². The van der Waals surface area contributed by atoms with E-state index in [2.05, 4.69) is 10.2 Å². The number of amides is 1. The van der Waals surface area contributed by atoms with Crippen LogP contribution in [0.1, 0.15) is 40.7 Å². The molecule has 1 aliphatic rings. The average Bonchev–Trinajstić information content (AvgIpc) is 2.55. The minimum atomic E-state index is -0.282. The molecule has 0 bridgehead atoms. The van der Waals surface area contributed by atoms with E-state index in [1.54, 1.807) is 12.1 Å². The second kappa shape index (κ2) is 7.04. The average molecular weight is 326 g/mol. The van der Waals surface area contributed by atoms with Crippen LogP contribution in [0.4, 0.5) is 15.8 Å². The number of piperidine rings is 1. The summed E-state index contributed by atoms with van der Waals surface area (Å²) < 4.78 is 14.4. The van der Waals surface area contributed by atoms with Crippen LogP contribution in [0.15, 0.2) is 36.4 Å². The van der Waals surface area contributed by atoms with E-state index in [0.717, 1.165) is 37.1 Å². The Balaban J connectivity index is 1.75. The summed E-state index contributed by atoms with van der Waals surface area (Å²) in [6.45, 7) is 5.70. The lowest BCUT2D eigenvalue weighted by molar-refractivity contribution is 0.102. The second-order valence-corrected chi connectivity index (χ2v) is 6.54. The van der Waals surface area contributed by atoms with Crippen molar-refractivity contribution in [3.05, 3.63) is 58.9 Å². The molecule has 24 heavy (non-hydrogen) atoms. The van der Waals surface area contributed by atoms with Crippen LogP contribution >= 0.6 is 0 Å². The molecule has 126 valence electrons. The predicted octanol–water partition coefficient (Wildman–Crippen LogP) is 4.69. The molecule has 3 rings (SSSR count). The van der Waals surface area contributed by atoms with Crippen LogP contribution in [0.3, 0.4) is 0 Å². The van der Waals surface area contributed by atoms with Gasteiger partial charge >= 0.3 is 0 Å². The molecule has 4 heteroatoms. The first-order valence-corrected chi connectivity index (χ1v) is 8.47. The molecular formula is C20H23FN2O. The molecule has 0 spiro atoms. The highest BCUT2D eigenvalue weighted by molar-refractivity contribution is 6.04. The molecule has 0 aliphatic carbocycles. The zero-order valence-corrected chi connectivity index (χ0v) is 14.2. The summed E-state index contributed by atoms with van der Waals surface area (Å²) in [7, 11) is 0. The molecule has 1 N–H and O–H groups in total. The zero-order chi connectivity index (χ0) is 17.1. The largest absolute Gasteiger partial charge is 0.369 e. The number of anilines is 2. The number of aryl methyl sites for hydroxylation is 2. The number of carbonyl (C=O) groups is 1. The van der Waals surface area contributed by atoms with Gasteiger partial charge in [-0.15, -0.1) is 0 Å². The van der Waals surface area contributed by atoms with E-state index in [1.807, 2.05) is 32.0 Å². The van der Waals surface area contributed by atoms with E-state index in [4.69, 9.17) is 0 Å². The highest BCUT2D eigenvalue weighted by atomic mass is 19.1. The van der Waals surface area contributed by atoms with Gasteiger partial charge in [-0.2, -0.15) is 0 Å². The van der Waals surface area contributed by atoms with E-state index in [0.29, 0.717) is 16.9 Å². The number of halogens is 1. The minimum Gasteiger partial charge on any atom is -0.369 e. The van der Waals surface area contributed by atoms with Gasteiger partial charge in [-0.1, -0.05) is 17.2 Å². The van der Waals surface area contributed by atoms with Crippen molar-refractivity contribution in [1.82, 2.24) is 0 Å². The lowest BCUT2D eigenvalue weighted by Gasteiger charge is -2.29. The van der Waals surface area contributed by atoms with Gasteiger partial charge in [-0.3, -0.25) is 4.79 Å². The van der Waals surface area contributed by atoms with Crippen molar-refractivity contribution in [2.45, 2.75) is 33.1 Å². The highest BCUT2D eigenvalue weighted by Crippen LogP contribution is 2.26. The number of carbonyl (C=O) groups excluding carboxylic acids is 1. The van der Waals surface area contributed by atoms with E-state index in [-0.39, 0.29) is 11.7 Å². The maximum atomic E-state index is 14.4. The van der Waals surface area contributed by atoms with Crippen LogP contribution in [-0.2, 0) is 0 Å². The summed E-state index contributed by atoms with van der Waals surface area (Å²) in [5.74, 6) is -0.498. The van der Waals surface area contributed by atoms with Gasteiger partial charge < -0.3 is 10.2 Å². The van der Waals surface area contributed by atoms with Crippen molar-refractivity contribution in [2.75, 3.05) is 23.3 Å². The lowest BCUT2D eigenvalue weighted by atomic mass is 10.1. The highest BCUT2D eigenvalue weighted by Gasteiger charge is 2.16. The van der Waals surface area contributed by atoms with Gasteiger partial charge in [0.15, 0.2) is 0 Å². The van der Waals surface area contributed by atoms with Crippen molar-refractivity contribution in [3.63, 3.8) is 0 Å². The molecule has 0 radical (unpaired) electrons.